The van der Waals surface area contributed by atoms with Crippen LogP contribution in [0, 0.1) is 11.8 Å². The van der Waals surface area contributed by atoms with E-state index in [0.717, 1.165) is 25.7 Å². The second-order valence-corrected chi connectivity index (χ2v) is 54.9. The fourth-order valence-electron chi connectivity index (χ4n) is 7.04. The van der Waals surface area contributed by atoms with Crippen molar-refractivity contribution in [3.63, 3.8) is 0 Å². The number of halogens is 2. The van der Waals surface area contributed by atoms with Crippen LogP contribution < -0.4 is 0 Å². The molecule has 36 heavy (non-hydrogen) atoms. The van der Waals surface area contributed by atoms with Gasteiger partial charge in [-0.1, -0.05) is 0 Å². The van der Waals surface area contributed by atoms with Gasteiger partial charge in [-0.15, -0.1) is 0 Å². The summed E-state index contributed by atoms with van der Waals surface area (Å²) in [4.78, 5) is 0. The predicted molar refractivity (Wildman–Crippen MR) is 163 cm³/mol. The minimum atomic E-state index is -4.56. The van der Waals surface area contributed by atoms with Crippen molar-refractivity contribution >= 4 is 35.1 Å². The summed E-state index contributed by atoms with van der Waals surface area (Å²) in [6, 6.07) is 13.9. The Morgan fingerprint density at radius 3 is 1.42 bits per heavy atom. The van der Waals surface area contributed by atoms with Crippen LogP contribution in [0.3, 0.4) is 0 Å². The first-order valence-corrected chi connectivity index (χ1v) is 30.5. The van der Waals surface area contributed by atoms with Crippen LogP contribution in [-0.2, 0) is 28.4 Å². The summed E-state index contributed by atoms with van der Waals surface area (Å²) in [7, 11) is 16.8. The van der Waals surface area contributed by atoms with Crippen LogP contribution in [0.4, 0.5) is 0 Å². The second-order valence-electron chi connectivity index (χ2n) is 12.4. The van der Waals surface area contributed by atoms with Gasteiger partial charge in [-0.2, -0.15) is 0 Å². The molecule has 0 nitrogen and oxygen atoms in total. The van der Waals surface area contributed by atoms with E-state index in [1.165, 1.54) is 44.5 Å². The first kappa shape index (κ1) is 28.6. The van der Waals surface area contributed by atoms with Crippen molar-refractivity contribution < 1.29 is 15.6 Å². The standard InChI is InChI=1S/2C15H19.C2H7Si.2ClH.Zr/c2*1-4-12-9-14-7-5-6-13(8-11(2)3)15(14)10-12;1-3-2;;;/h2*5-7,9-11H,4,8H2,1-3H3;3H,1-2H3;2*1H;/q;;;;;+2/p-2. The zero-order valence-electron chi connectivity index (χ0n) is 23.6. The number of fused-ring (bicyclic) bond motifs is 2. The zero-order chi connectivity index (χ0) is 26.4. The van der Waals surface area contributed by atoms with Gasteiger partial charge in [0.15, 0.2) is 0 Å². The van der Waals surface area contributed by atoms with Crippen LogP contribution in [0.5, 0.6) is 0 Å². The molecular weight excluding hydrogens is 575 g/mol. The third kappa shape index (κ3) is 4.65. The number of rotatable bonds is 9. The topological polar surface area (TPSA) is 0 Å². The predicted octanol–water partition coefficient (Wildman–Crippen LogP) is 10.5. The first-order chi connectivity index (χ1) is 16.9. The van der Waals surface area contributed by atoms with Crippen molar-refractivity contribution in [2.75, 3.05) is 0 Å². The number of hydrogen-bond donors (Lipinski definition) is 0. The van der Waals surface area contributed by atoms with Gasteiger partial charge in [0.1, 0.15) is 0 Å². The molecule has 4 heteroatoms. The van der Waals surface area contributed by atoms with Crippen LogP contribution in [0.25, 0.3) is 12.2 Å². The molecule has 195 valence electrons. The monoisotopic (exact) mass is 617 g/mol. The summed E-state index contributed by atoms with van der Waals surface area (Å²) in [5.41, 5.74) is 11.6. The molecule has 0 N–H and O–H groups in total. The molecule has 2 aliphatic carbocycles. The van der Waals surface area contributed by atoms with E-state index in [1.54, 1.807) is 0 Å². The molecule has 0 radical (unpaired) electrons. The molecule has 2 aliphatic rings. The molecule has 0 aliphatic heterocycles. The van der Waals surface area contributed by atoms with Crippen LogP contribution >= 0.6 is 17.0 Å². The SMILES string of the molecule is CCC1=Cc2c(CC(C)C)cccc2[CH]1[Zr]([Cl])([Cl])([CH]1C(CC)=Cc2c(CC(C)C)cccc21)[SiH](C)C. The van der Waals surface area contributed by atoms with E-state index in [0.29, 0.717) is 11.8 Å². The van der Waals surface area contributed by atoms with Crippen molar-refractivity contribution in [3.8, 4) is 0 Å². The van der Waals surface area contributed by atoms with Crippen molar-refractivity contribution in [3.05, 3.63) is 80.9 Å². The fourth-order valence-corrected chi connectivity index (χ4v) is 38.8. The van der Waals surface area contributed by atoms with E-state index in [4.69, 9.17) is 17.0 Å². The van der Waals surface area contributed by atoms with E-state index >= 15 is 0 Å². The number of hydrogen-bond acceptors (Lipinski definition) is 0. The Balaban J connectivity index is 1.97. The van der Waals surface area contributed by atoms with E-state index in [9.17, 15) is 0 Å². The van der Waals surface area contributed by atoms with E-state index < -0.39 is 21.5 Å². The quantitative estimate of drug-likeness (QED) is 0.245. The summed E-state index contributed by atoms with van der Waals surface area (Å²) in [5, 5.41) is 0. The van der Waals surface area contributed by atoms with E-state index in [-0.39, 0.29) is 7.25 Å². The zero-order valence-corrected chi connectivity index (χ0v) is 28.7. The Hall–Kier alpha value is -0.400. The summed E-state index contributed by atoms with van der Waals surface area (Å²) in [6.07, 6.45) is 9.22. The Labute approximate surface area is 229 Å². The molecule has 0 amide bonds. The maximum atomic E-state index is 8.42. The molecule has 0 bridgehead atoms. The van der Waals surface area contributed by atoms with Gasteiger partial charge in [-0.25, -0.2) is 0 Å². The van der Waals surface area contributed by atoms with Gasteiger partial charge in [0.2, 0.25) is 0 Å². The molecule has 4 rings (SSSR count). The third-order valence-corrected chi connectivity index (χ3v) is 60.6. The minimum absolute atomic E-state index is 0.216. The first-order valence-electron chi connectivity index (χ1n) is 14.2. The number of allylic oxidation sites excluding steroid dienone is 2. The summed E-state index contributed by atoms with van der Waals surface area (Å²) < 4.78 is 0.432. The van der Waals surface area contributed by atoms with Crippen molar-refractivity contribution in [2.45, 2.75) is 87.6 Å². The van der Waals surface area contributed by atoms with Crippen molar-refractivity contribution in [2.24, 2.45) is 11.8 Å². The van der Waals surface area contributed by atoms with Gasteiger partial charge in [-0.05, 0) is 0 Å². The molecule has 0 saturated carbocycles. The third-order valence-electron chi connectivity index (χ3n) is 8.76. The Morgan fingerprint density at radius 2 is 1.11 bits per heavy atom. The van der Waals surface area contributed by atoms with E-state index in [2.05, 4.69) is 103 Å². The summed E-state index contributed by atoms with van der Waals surface area (Å²) >= 11 is -4.56. The summed E-state index contributed by atoms with van der Waals surface area (Å²) in [6.45, 7) is 18.8. The Kier molecular flexibility index (Phi) is 8.45. The molecule has 2 aromatic carbocycles. The van der Waals surface area contributed by atoms with Gasteiger partial charge in [0, 0.05) is 0 Å². The molecule has 2 atom stereocenters. The molecule has 2 unspecified atom stereocenters. The molecule has 0 heterocycles. The molecule has 2 aromatic rings. The molecule has 0 spiro atoms. The van der Waals surface area contributed by atoms with Crippen LogP contribution in [-0.4, -0.2) is 5.92 Å². The van der Waals surface area contributed by atoms with Crippen molar-refractivity contribution in [1.82, 2.24) is 0 Å². The van der Waals surface area contributed by atoms with E-state index in [1.807, 2.05) is 0 Å². The number of benzene rings is 2. The average Bonchev–Trinajstić information content (AvgIpc) is 3.39. The fraction of sp³-hybridized carbons (Fsp3) is 0.500. The van der Waals surface area contributed by atoms with Gasteiger partial charge >= 0.3 is 231 Å². The Morgan fingerprint density at radius 1 is 0.722 bits per heavy atom. The van der Waals surface area contributed by atoms with Crippen LogP contribution in [0.15, 0.2) is 47.5 Å². The van der Waals surface area contributed by atoms with Gasteiger partial charge in [-0.3, -0.25) is 0 Å². The second kappa shape index (κ2) is 10.6. The normalized spacial score (nSPS) is 20.4. The molecular formula is C32H45Cl2SiZr. The summed E-state index contributed by atoms with van der Waals surface area (Å²) in [5.74, 6) is -0.227. The molecule has 0 saturated heterocycles. The maximum absolute atomic E-state index is 8.42. The van der Waals surface area contributed by atoms with Crippen molar-refractivity contribution in [1.29, 1.82) is 0 Å². The van der Waals surface area contributed by atoms with Crippen LogP contribution in [0.1, 0.15) is 95.0 Å². The van der Waals surface area contributed by atoms with Gasteiger partial charge < -0.3 is 0 Å². The van der Waals surface area contributed by atoms with Gasteiger partial charge in [0.25, 0.3) is 0 Å². The Bertz CT molecular complexity index is 1120. The van der Waals surface area contributed by atoms with Gasteiger partial charge in [0.05, 0.1) is 0 Å². The van der Waals surface area contributed by atoms with Crippen LogP contribution in [0.2, 0.25) is 13.1 Å². The molecule has 0 aromatic heterocycles. The average molecular weight is 620 g/mol. The molecule has 0 fully saturated rings.